The Morgan fingerprint density at radius 1 is 1.57 bits per heavy atom. The summed E-state index contributed by atoms with van der Waals surface area (Å²) in [7, 11) is 0. The maximum atomic E-state index is 10.9. The Kier molecular flexibility index (Phi) is 2.83. The van der Waals surface area contributed by atoms with Gasteiger partial charge in [-0.25, -0.2) is 4.79 Å². The van der Waals surface area contributed by atoms with Gasteiger partial charge in [0.15, 0.2) is 0 Å². The molecule has 0 saturated heterocycles. The van der Waals surface area contributed by atoms with E-state index < -0.39 is 11.5 Å². The van der Waals surface area contributed by atoms with Crippen molar-refractivity contribution >= 4 is 17.6 Å². The van der Waals surface area contributed by atoms with E-state index in [2.05, 4.69) is 0 Å². The van der Waals surface area contributed by atoms with Crippen LogP contribution in [0.15, 0.2) is 18.2 Å². The van der Waals surface area contributed by atoms with Crippen LogP contribution in [0.4, 0.5) is 0 Å². The lowest BCUT2D eigenvalue weighted by Gasteiger charge is -2.22. The van der Waals surface area contributed by atoms with E-state index in [1.165, 1.54) is 6.92 Å². The number of halogens is 1. The zero-order valence-corrected chi connectivity index (χ0v) is 8.80. The molecule has 0 saturated carbocycles. The largest absolute Gasteiger partial charge is 0.480 e. The molecule has 0 unspecified atom stereocenters. The Hall–Kier alpha value is -1.06. The molecule has 1 atom stereocenters. The summed E-state index contributed by atoms with van der Waals surface area (Å²) in [6.07, 6.45) is 0. The average molecular weight is 214 g/mol. The summed E-state index contributed by atoms with van der Waals surface area (Å²) in [5.74, 6) is -1.07. The minimum atomic E-state index is -1.39. The predicted molar refractivity (Wildman–Crippen MR) is 55.4 cm³/mol. The van der Waals surface area contributed by atoms with Crippen LogP contribution in [0, 0.1) is 6.92 Å². The number of hydrogen-bond donors (Lipinski definition) is 2. The molecule has 0 aliphatic heterocycles. The average Bonchev–Trinajstić information content (AvgIpc) is 2.09. The molecule has 3 N–H and O–H groups in total. The number of hydrogen-bond acceptors (Lipinski definition) is 2. The highest BCUT2D eigenvalue weighted by molar-refractivity contribution is 6.31. The van der Waals surface area contributed by atoms with Gasteiger partial charge in [-0.3, -0.25) is 0 Å². The second kappa shape index (κ2) is 3.59. The third-order valence-corrected chi connectivity index (χ3v) is 2.68. The van der Waals surface area contributed by atoms with Crippen molar-refractivity contribution < 1.29 is 9.90 Å². The maximum absolute atomic E-state index is 10.9. The molecule has 0 aliphatic rings. The summed E-state index contributed by atoms with van der Waals surface area (Å²) in [4.78, 5) is 10.9. The maximum Gasteiger partial charge on any atom is 0.328 e. The Morgan fingerprint density at radius 3 is 2.64 bits per heavy atom. The monoisotopic (exact) mass is 213 g/mol. The molecule has 0 aliphatic carbocycles. The first-order valence-electron chi connectivity index (χ1n) is 4.15. The summed E-state index contributed by atoms with van der Waals surface area (Å²) in [5, 5.41) is 9.47. The highest BCUT2D eigenvalue weighted by Gasteiger charge is 2.31. The summed E-state index contributed by atoms with van der Waals surface area (Å²) in [6.45, 7) is 3.21. The highest BCUT2D eigenvalue weighted by atomic mass is 35.5. The van der Waals surface area contributed by atoms with Gasteiger partial charge in [-0.15, -0.1) is 0 Å². The first kappa shape index (κ1) is 11.0. The molecule has 0 spiro atoms. The van der Waals surface area contributed by atoms with Crippen LogP contribution in [0.1, 0.15) is 18.1 Å². The first-order chi connectivity index (χ1) is 6.37. The van der Waals surface area contributed by atoms with E-state index in [0.717, 1.165) is 0 Å². The molecule has 0 fully saturated rings. The Morgan fingerprint density at radius 2 is 2.14 bits per heavy atom. The van der Waals surface area contributed by atoms with Crippen molar-refractivity contribution in [3.05, 3.63) is 34.3 Å². The number of carboxylic acids is 1. The summed E-state index contributed by atoms with van der Waals surface area (Å²) in [5.41, 5.74) is 5.55. The van der Waals surface area contributed by atoms with Crippen molar-refractivity contribution in [2.75, 3.05) is 0 Å². The van der Waals surface area contributed by atoms with Gasteiger partial charge >= 0.3 is 5.97 Å². The molecule has 0 bridgehead atoms. The fourth-order valence-electron chi connectivity index (χ4n) is 1.29. The van der Waals surface area contributed by atoms with Crippen LogP contribution >= 0.6 is 11.6 Å². The molecule has 0 aromatic heterocycles. The summed E-state index contributed by atoms with van der Waals surface area (Å²) < 4.78 is 0. The van der Waals surface area contributed by atoms with Gasteiger partial charge in [0.1, 0.15) is 5.54 Å². The van der Waals surface area contributed by atoms with Crippen LogP contribution in [0.2, 0.25) is 5.02 Å². The van der Waals surface area contributed by atoms with Gasteiger partial charge in [-0.1, -0.05) is 23.7 Å². The lowest BCUT2D eigenvalue weighted by atomic mass is 9.90. The molecular formula is C10H12ClNO2. The number of benzene rings is 1. The molecule has 0 amide bonds. The van der Waals surface area contributed by atoms with Gasteiger partial charge in [0.25, 0.3) is 0 Å². The van der Waals surface area contributed by atoms with E-state index in [1.54, 1.807) is 25.1 Å². The third kappa shape index (κ3) is 1.74. The van der Waals surface area contributed by atoms with E-state index in [4.69, 9.17) is 22.4 Å². The topological polar surface area (TPSA) is 63.3 Å². The molecule has 1 aromatic rings. The minimum absolute atomic E-state index is 0.528. The van der Waals surface area contributed by atoms with Gasteiger partial charge in [0.05, 0.1) is 0 Å². The summed E-state index contributed by atoms with van der Waals surface area (Å²) in [6, 6.07) is 5.08. The molecule has 3 nitrogen and oxygen atoms in total. The van der Waals surface area contributed by atoms with E-state index in [1.807, 2.05) is 0 Å². The fraction of sp³-hybridized carbons (Fsp3) is 0.300. The highest BCUT2D eigenvalue weighted by Crippen LogP contribution is 2.26. The standard InChI is InChI=1S/C10H12ClNO2/c1-6-7(4-3-5-8(6)11)10(2,12)9(13)14/h3-5H,12H2,1-2H3,(H,13,14)/t10-/m1/s1. The van der Waals surface area contributed by atoms with E-state index in [9.17, 15) is 4.79 Å². The molecular weight excluding hydrogens is 202 g/mol. The zero-order valence-electron chi connectivity index (χ0n) is 8.04. The molecule has 4 heteroatoms. The smallest absolute Gasteiger partial charge is 0.328 e. The molecule has 14 heavy (non-hydrogen) atoms. The van der Waals surface area contributed by atoms with Crippen LogP contribution in [0.25, 0.3) is 0 Å². The van der Waals surface area contributed by atoms with Crippen molar-refractivity contribution in [2.24, 2.45) is 5.73 Å². The van der Waals surface area contributed by atoms with E-state index in [0.29, 0.717) is 16.1 Å². The van der Waals surface area contributed by atoms with Crippen LogP contribution in [-0.2, 0) is 10.3 Å². The normalized spacial score (nSPS) is 14.9. The Balaban J connectivity index is 3.33. The Bertz CT molecular complexity index is 374. The van der Waals surface area contributed by atoms with Gasteiger partial charge in [-0.05, 0) is 31.0 Å². The summed E-state index contributed by atoms with van der Waals surface area (Å²) >= 11 is 5.88. The van der Waals surface area contributed by atoms with Gasteiger partial charge < -0.3 is 10.8 Å². The quantitative estimate of drug-likeness (QED) is 0.789. The molecule has 0 radical (unpaired) electrons. The van der Waals surface area contributed by atoms with Gasteiger partial charge in [0.2, 0.25) is 0 Å². The lowest BCUT2D eigenvalue weighted by Crippen LogP contribution is -2.42. The number of carbonyl (C=O) groups is 1. The minimum Gasteiger partial charge on any atom is -0.480 e. The number of rotatable bonds is 2. The number of carboxylic acid groups (broad SMARTS) is 1. The van der Waals surface area contributed by atoms with Gasteiger partial charge in [0, 0.05) is 5.02 Å². The molecule has 76 valence electrons. The van der Waals surface area contributed by atoms with Crippen LogP contribution in [0.3, 0.4) is 0 Å². The van der Waals surface area contributed by atoms with Crippen molar-refractivity contribution in [1.82, 2.24) is 0 Å². The molecule has 0 heterocycles. The molecule has 1 aromatic carbocycles. The van der Waals surface area contributed by atoms with Crippen molar-refractivity contribution in [3.8, 4) is 0 Å². The number of aliphatic carboxylic acids is 1. The second-order valence-electron chi connectivity index (χ2n) is 3.42. The van der Waals surface area contributed by atoms with Crippen molar-refractivity contribution in [1.29, 1.82) is 0 Å². The third-order valence-electron chi connectivity index (χ3n) is 2.27. The Labute approximate surface area is 87.5 Å². The van der Waals surface area contributed by atoms with E-state index >= 15 is 0 Å². The van der Waals surface area contributed by atoms with Crippen LogP contribution in [0.5, 0.6) is 0 Å². The van der Waals surface area contributed by atoms with Crippen molar-refractivity contribution in [3.63, 3.8) is 0 Å². The molecule has 1 rings (SSSR count). The van der Waals surface area contributed by atoms with Crippen molar-refractivity contribution in [2.45, 2.75) is 19.4 Å². The SMILES string of the molecule is Cc1c(Cl)cccc1[C@@](C)(N)C(=O)O. The van der Waals surface area contributed by atoms with E-state index in [-0.39, 0.29) is 0 Å². The van der Waals surface area contributed by atoms with Crippen LogP contribution < -0.4 is 5.73 Å². The second-order valence-corrected chi connectivity index (χ2v) is 3.83. The fourth-order valence-corrected chi connectivity index (χ4v) is 1.46. The first-order valence-corrected chi connectivity index (χ1v) is 4.53. The van der Waals surface area contributed by atoms with Gasteiger partial charge in [-0.2, -0.15) is 0 Å². The zero-order chi connectivity index (χ0) is 10.9. The van der Waals surface area contributed by atoms with Crippen LogP contribution in [-0.4, -0.2) is 11.1 Å². The lowest BCUT2D eigenvalue weighted by molar-refractivity contribution is -0.143. The predicted octanol–water partition coefficient (Wildman–Crippen LogP) is 1.91. The number of nitrogens with two attached hydrogens (primary N) is 1.